The number of nitrogens with one attached hydrogen (secondary N) is 1. The Hall–Kier alpha value is -1.75. The molecule has 2 rings (SSSR count). The minimum Gasteiger partial charge on any atom is -0.493 e. The summed E-state index contributed by atoms with van der Waals surface area (Å²) >= 11 is 6.25. The predicted molar refractivity (Wildman–Crippen MR) is 80.2 cm³/mol. The van der Waals surface area contributed by atoms with Crippen LogP contribution in [0.1, 0.15) is 17.2 Å². The van der Waals surface area contributed by atoms with E-state index in [4.69, 9.17) is 26.9 Å². The summed E-state index contributed by atoms with van der Waals surface area (Å²) in [5.74, 6) is 7.00. The number of para-hydroxylation sites is 1. The molecule has 0 bridgehead atoms. The number of nitrogens with two attached hydrogens (primary N) is 1. The van der Waals surface area contributed by atoms with E-state index < -0.39 is 0 Å². The topological polar surface area (TPSA) is 56.5 Å². The summed E-state index contributed by atoms with van der Waals surface area (Å²) in [6.07, 6.45) is 0. The zero-order valence-corrected chi connectivity index (χ0v) is 12.1. The van der Waals surface area contributed by atoms with Gasteiger partial charge in [-0.1, -0.05) is 41.9 Å². The standard InChI is InChI=1S/C15H17ClN2O2/c1-19-13-9-5-7-11(15(13)20-2)14(18-17)10-6-3-4-8-12(10)16/h3-9,14,18H,17H2,1-2H3. The summed E-state index contributed by atoms with van der Waals surface area (Å²) in [5.41, 5.74) is 4.52. The van der Waals surface area contributed by atoms with E-state index in [0.29, 0.717) is 16.5 Å². The fourth-order valence-corrected chi connectivity index (χ4v) is 2.44. The average Bonchev–Trinajstić information content (AvgIpc) is 2.49. The molecule has 0 aliphatic carbocycles. The predicted octanol–water partition coefficient (Wildman–Crippen LogP) is 2.91. The lowest BCUT2D eigenvalue weighted by atomic mass is 9.98. The van der Waals surface area contributed by atoms with Crippen LogP contribution in [-0.4, -0.2) is 14.2 Å². The van der Waals surface area contributed by atoms with Gasteiger partial charge >= 0.3 is 0 Å². The first kappa shape index (κ1) is 14.7. The first-order valence-corrected chi connectivity index (χ1v) is 6.52. The molecule has 0 fully saturated rings. The summed E-state index contributed by atoms with van der Waals surface area (Å²) in [6.45, 7) is 0. The van der Waals surface area contributed by atoms with Gasteiger partial charge in [0.25, 0.3) is 0 Å². The molecule has 20 heavy (non-hydrogen) atoms. The molecule has 4 nitrogen and oxygen atoms in total. The highest BCUT2D eigenvalue weighted by molar-refractivity contribution is 6.31. The van der Waals surface area contributed by atoms with Gasteiger partial charge in [0.15, 0.2) is 11.5 Å². The molecule has 1 atom stereocenters. The molecule has 0 saturated carbocycles. The van der Waals surface area contributed by atoms with E-state index >= 15 is 0 Å². The fraction of sp³-hybridized carbons (Fsp3) is 0.200. The lowest BCUT2D eigenvalue weighted by molar-refractivity contribution is 0.349. The maximum Gasteiger partial charge on any atom is 0.165 e. The lowest BCUT2D eigenvalue weighted by Gasteiger charge is -2.21. The molecule has 106 valence electrons. The van der Waals surface area contributed by atoms with Gasteiger partial charge in [-0.05, 0) is 17.7 Å². The van der Waals surface area contributed by atoms with Crippen LogP contribution < -0.4 is 20.7 Å². The van der Waals surface area contributed by atoms with Crippen molar-refractivity contribution < 1.29 is 9.47 Å². The molecule has 1 unspecified atom stereocenters. The van der Waals surface area contributed by atoms with Crippen LogP contribution in [0.3, 0.4) is 0 Å². The quantitative estimate of drug-likeness (QED) is 0.657. The smallest absolute Gasteiger partial charge is 0.165 e. The van der Waals surface area contributed by atoms with Gasteiger partial charge in [0, 0.05) is 10.6 Å². The number of benzene rings is 2. The Morgan fingerprint density at radius 2 is 1.70 bits per heavy atom. The van der Waals surface area contributed by atoms with Crippen LogP contribution in [-0.2, 0) is 0 Å². The summed E-state index contributed by atoms with van der Waals surface area (Å²) in [4.78, 5) is 0. The molecule has 3 N–H and O–H groups in total. The van der Waals surface area contributed by atoms with Gasteiger partial charge in [-0.3, -0.25) is 5.84 Å². The van der Waals surface area contributed by atoms with Crippen molar-refractivity contribution in [3.8, 4) is 11.5 Å². The molecule has 0 amide bonds. The lowest BCUT2D eigenvalue weighted by Crippen LogP contribution is -2.29. The molecule has 0 aliphatic heterocycles. The van der Waals surface area contributed by atoms with Crippen molar-refractivity contribution >= 4 is 11.6 Å². The van der Waals surface area contributed by atoms with Crippen molar-refractivity contribution in [2.24, 2.45) is 5.84 Å². The Morgan fingerprint density at radius 3 is 2.30 bits per heavy atom. The van der Waals surface area contributed by atoms with Crippen LogP contribution in [0.15, 0.2) is 42.5 Å². The van der Waals surface area contributed by atoms with E-state index in [2.05, 4.69) is 5.43 Å². The highest BCUT2D eigenvalue weighted by atomic mass is 35.5. The number of methoxy groups -OCH3 is 2. The summed E-state index contributed by atoms with van der Waals surface area (Å²) in [6, 6.07) is 12.9. The Morgan fingerprint density at radius 1 is 1.00 bits per heavy atom. The minimum absolute atomic E-state index is 0.284. The largest absolute Gasteiger partial charge is 0.493 e. The van der Waals surface area contributed by atoms with Crippen molar-refractivity contribution in [2.75, 3.05) is 14.2 Å². The molecule has 0 aromatic heterocycles. The molecule has 5 heteroatoms. The van der Waals surface area contributed by atoms with Gasteiger partial charge < -0.3 is 9.47 Å². The summed E-state index contributed by atoms with van der Waals surface area (Å²) in [7, 11) is 3.20. The Balaban J connectivity index is 2.55. The van der Waals surface area contributed by atoms with Crippen LogP contribution in [0.4, 0.5) is 0 Å². The van der Waals surface area contributed by atoms with Crippen molar-refractivity contribution in [3.05, 3.63) is 58.6 Å². The maximum atomic E-state index is 6.25. The third-order valence-corrected chi connectivity index (χ3v) is 3.47. The average molecular weight is 293 g/mol. The van der Waals surface area contributed by atoms with Crippen LogP contribution in [0, 0.1) is 0 Å². The van der Waals surface area contributed by atoms with Crippen LogP contribution in [0.5, 0.6) is 11.5 Å². The van der Waals surface area contributed by atoms with E-state index in [1.165, 1.54) is 0 Å². The van der Waals surface area contributed by atoms with Crippen molar-refractivity contribution in [1.29, 1.82) is 0 Å². The Labute approximate surface area is 123 Å². The Bertz CT molecular complexity index is 590. The molecular formula is C15H17ClN2O2. The van der Waals surface area contributed by atoms with E-state index in [1.807, 2.05) is 42.5 Å². The van der Waals surface area contributed by atoms with Crippen molar-refractivity contribution in [3.63, 3.8) is 0 Å². The number of hydrogen-bond donors (Lipinski definition) is 2. The number of halogens is 1. The van der Waals surface area contributed by atoms with Gasteiger partial charge in [-0.25, -0.2) is 5.43 Å². The first-order chi connectivity index (χ1) is 9.72. The molecule has 0 radical (unpaired) electrons. The van der Waals surface area contributed by atoms with Gasteiger partial charge in [-0.15, -0.1) is 0 Å². The van der Waals surface area contributed by atoms with Crippen LogP contribution >= 0.6 is 11.6 Å². The van der Waals surface area contributed by atoms with Gasteiger partial charge in [0.2, 0.25) is 0 Å². The SMILES string of the molecule is COc1cccc(C(NN)c2ccccc2Cl)c1OC. The van der Waals surface area contributed by atoms with Gasteiger partial charge in [-0.2, -0.15) is 0 Å². The summed E-state index contributed by atoms with van der Waals surface area (Å²) < 4.78 is 10.8. The van der Waals surface area contributed by atoms with E-state index in [-0.39, 0.29) is 6.04 Å². The molecule has 2 aromatic rings. The molecule has 0 aliphatic rings. The third kappa shape index (κ3) is 2.72. The fourth-order valence-electron chi connectivity index (χ4n) is 2.20. The zero-order valence-electron chi connectivity index (χ0n) is 11.4. The molecule has 0 heterocycles. The van der Waals surface area contributed by atoms with Crippen LogP contribution in [0.25, 0.3) is 0 Å². The van der Waals surface area contributed by atoms with E-state index in [9.17, 15) is 0 Å². The number of hydrazine groups is 1. The number of rotatable bonds is 5. The molecular weight excluding hydrogens is 276 g/mol. The van der Waals surface area contributed by atoms with Gasteiger partial charge in [0.1, 0.15) is 0 Å². The number of ether oxygens (including phenoxy) is 2. The summed E-state index contributed by atoms with van der Waals surface area (Å²) in [5, 5.41) is 0.639. The van der Waals surface area contributed by atoms with Crippen LogP contribution in [0.2, 0.25) is 5.02 Å². The van der Waals surface area contributed by atoms with E-state index in [0.717, 1.165) is 11.1 Å². The van der Waals surface area contributed by atoms with Crippen molar-refractivity contribution in [1.82, 2.24) is 5.43 Å². The third-order valence-electron chi connectivity index (χ3n) is 3.13. The van der Waals surface area contributed by atoms with Crippen molar-refractivity contribution in [2.45, 2.75) is 6.04 Å². The second-order valence-electron chi connectivity index (χ2n) is 4.20. The molecule has 0 spiro atoms. The first-order valence-electron chi connectivity index (χ1n) is 6.14. The minimum atomic E-state index is -0.284. The number of hydrogen-bond acceptors (Lipinski definition) is 4. The van der Waals surface area contributed by atoms with E-state index in [1.54, 1.807) is 14.2 Å². The normalized spacial score (nSPS) is 12.0. The highest BCUT2D eigenvalue weighted by Gasteiger charge is 2.21. The maximum absolute atomic E-state index is 6.25. The van der Waals surface area contributed by atoms with Gasteiger partial charge in [0.05, 0.1) is 20.3 Å². The second kappa shape index (κ2) is 6.61. The molecule has 0 saturated heterocycles. The Kier molecular flexibility index (Phi) is 4.84. The second-order valence-corrected chi connectivity index (χ2v) is 4.61. The zero-order chi connectivity index (χ0) is 14.5. The molecule has 2 aromatic carbocycles. The highest BCUT2D eigenvalue weighted by Crippen LogP contribution is 2.38. The monoisotopic (exact) mass is 292 g/mol.